The van der Waals surface area contributed by atoms with Gasteiger partial charge in [0.1, 0.15) is 12.1 Å². The van der Waals surface area contributed by atoms with Gasteiger partial charge in [0.05, 0.1) is 5.52 Å². The third-order valence-corrected chi connectivity index (χ3v) is 4.55. The summed E-state index contributed by atoms with van der Waals surface area (Å²) in [7, 11) is 0. The zero-order valence-electron chi connectivity index (χ0n) is 11.6. The lowest BCUT2D eigenvalue weighted by Crippen LogP contribution is -2.31. The van der Waals surface area contributed by atoms with Crippen molar-refractivity contribution in [2.24, 2.45) is 0 Å². The molecule has 1 aromatic carbocycles. The Balaban J connectivity index is 1.79. The summed E-state index contributed by atoms with van der Waals surface area (Å²) in [6.07, 6.45) is 4.38. The molecular weight excluding hydrogens is 364 g/mol. The van der Waals surface area contributed by atoms with E-state index in [0.29, 0.717) is 5.02 Å². The van der Waals surface area contributed by atoms with Crippen molar-refractivity contribution < 1.29 is 0 Å². The normalized spacial score (nSPS) is 14.2. The van der Waals surface area contributed by atoms with Crippen LogP contribution < -0.4 is 4.90 Å². The number of nitrogens with zero attached hydrogens (tertiary/aromatic N) is 4. The summed E-state index contributed by atoms with van der Waals surface area (Å²) >= 11 is 9.63. The third-order valence-electron chi connectivity index (χ3n) is 3.88. The number of benzene rings is 1. The SMILES string of the molecule is Clc1ccc2ncnc(N3CCc4ncc(Br)cc4C3)c2c1. The van der Waals surface area contributed by atoms with E-state index in [1.165, 1.54) is 5.56 Å². The Morgan fingerprint density at radius 3 is 2.95 bits per heavy atom. The number of fused-ring (bicyclic) bond motifs is 2. The quantitative estimate of drug-likeness (QED) is 0.644. The Bertz CT molecular complexity index is 868. The van der Waals surface area contributed by atoms with Gasteiger partial charge in [-0.2, -0.15) is 0 Å². The van der Waals surface area contributed by atoms with Crippen LogP contribution in [0.3, 0.4) is 0 Å². The van der Waals surface area contributed by atoms with Crippen LogP contribution in [0.15, 0.2) is 41.3 Å². The zero-order chi connectivity index (χ0) is 15.1. The van der Waals surface area contributed by atoms with Gasteiger partial charge in [0, 0.05) is 46.3 Å². The highest BCUT2D eigenvalue weighted by Gasteiger charge is 2.20. The molecule has 2 aromatic heterocycles. The number of hydrogen-bond acceptors (Lipinski definition) is 4. The number of halogens is 2. The maximum atomic E-state index is 6.14. The van der Waals surface area contributed by atoms with E-state index < -0.39 is 0 Å². The molecule has 0 N–H and O–H groups in total. The predicted molar refractivity (Wildman–Crippen MR) is 91.2 cm³/mol. The molecule has 0 bridgehead atoms. The molecule has 0 radical (unpaired) electrons. The van der Waals surface area contributed by atoms with Gasteiger partial charge in [-0.3, -0.25) is 4.98 Å². The summed E-state index contributed by atoms with van der Waals surface area (Å²) in [6, 6.07) is 7.85. The summed E-state index contributed by atoms with van der Waals surface area (Å²) in [5.41, 5.74) is 3.30. The molecule has 0 unspecified atom stereocenters. The summed E-state index contributed by atoms with van der Waals surface area (Å²) in [5, 5.41) is 1.69. The van der Waals surface area contributed by atoms with Crippen molar-refractivity contribution in [3.05, 3.63) is 57.5 Å². The van der Waals surface area contributed by atoms with Crippen LogP contribution in [-0.4, -0.2) is 21.5 Å². The molecule has 0 fully saturated rings. The highest BCUT2D eigenvalue weighted by atomic mass is 79.9. The van der Waals surface area contributed by atoms with Gasteiger partial charge in [-0.05, 0) is 45.8 Å². The van der Waals surface area contributed by atoms with E-state index >= 15 is 0 Å². The van der Waals surface area contributed by atoms with E-state index in [1.54, 1.807) is 6.33 Å². The number of anilines is 1. The van der Waals surface area contributed by atoms with E-state index in [1.807, 2.05) is 24.4 Å². The average molecular weight is 376 g/mol. The van der Waals surface area contributed by atoms with Crippen LogP contribution in [0.5, 0.6) is 0 Å². The van der Waals surface area contributed by atoms with Gasteiger partial charge in [-0.25, -0.2) is 9.97 Å². The number of aromatic nitrogens is 3. The molecular formula is C16H12BrClN4. The van der Waals surface area contributed by atoms with Crippen molar-refractivity contribution in [1.82, 2.24) is 15.0 Å². The Hall–Kier alpha value is -1.72. The van der Waals surface area contributed by atoms with E-state index in [-0.39, 0.29) is 0 Å². The molecule has 1 aliphatic rings. The van der Waals surface area contributed by atoms with Gasteiger partial charge >= 0.3 is 0 Å². The van der Waals surface area contributed by atoms with Crippen molar-refractivity contribution in [2.45, 2.75) is 13.0 Å². The molecule has 3 aromatic rings. The fourth-order valence-corrected chi connectivity index (χ4v) is 3.40. The molecule has 0 saturated carbocycles. The Labute approximate surface area is 141 Å². The maximum Gasteiger partial charge on any atom is 0.140 e. The van der Waals surface area contributed by atoms with E-state index in [0.717, 1.165) is 46.4 Å². The van der Waals surface area contributed by atoms with Crippen molar-refractivity contribution in [1.29, 1.82) is 0 Å². The van der Waals surface area contributed by atoms with E-state index in [9.17, 15) is 0 Å². The second-order valence-electron chi connectivity index (χ2n) is 5.29. The van der Waals surface area contributed by atoms with E-state index in [2.05, 4.69) is 41.8 Å². The number of rotatable bonds is 1. The molecule has 0 amide bonds. The highest BCUT2D eigenvalue weighted by Crippen LogP contribution is 2.30. The molecule has 110 valence electrons. The molecule has 3 heterocycles. The summed E-state index contributed by atoms with van der Waals surface area (Å²) in [5.74, 6) is 0.929. The molecule has 4 nitrogen and oxygen atoms in total. The molecule has 22 heavy (non-hydrogen) atoms. The second kappa shape index (κ2) is 5.48. The first-order valence-corrected chi connectivity index (χ1v) is 8.16. The Morgan fingerprint density at radius 2 is 2.05 bits per heavy atom. The number of pyridine rings is 1. The fraction of sp³-hybridized carbons (Fsp3) is 0.188. The first kappa shape index (κ1) is 13.9. The molecule has 1 aliphatic heterocycles. The van der Waals surface area contributed by atoms with Crippen molar-refractivity contribution >= 4 is 44.3 Å². The highest BCUT2D eigenvalue weighted by molar-refractivity contribution is 9.10. The van der Waals surface area contributed by atoms with Crippen molar-refractivity contribution in [3.63, 3.8) is 0 Å². The standard InChI is InChI=1S/C16H12BrClN4/c17-11-5-10-8-22(4-3-14(10)19-7-11)16-13-6-12(18)1-2-15(13)20-9-21-16/h1-2,5-7,9H,3-4,8H2. The lowest BCUT2D eigenvalue weighted by atomic mass is 10.1. The van der Waals surface area contributed by atoms with Gasteiger partial charge in [-0.1, -0.05) is 11.6 Å². The zero-order valence-corrected chi connectivity index (χ0v) is 14.0. The monoisotopic (exact) mass is 374 g/mol. The average Bonchev–Trinajstić information content (AvgIpc) is 2.53. The van der Waals surface area contributed by atoms with Crippen molar-refractivity contribution in [3.8, 4) is 0 Å². The molecule has 0 saturated heterocycles. The second-order valence-corrected chi connectivity index (χ2v) is 6.64. The minimum Gasteiger partial charge on any atom is -0.351 e. The third kappa shape index (κ3) is 2.44. The van der Waals surface area contributed by atoms with Gasteiger partial charge in [0.2, 0.25) is 0 Å². The first-order valence-electron chi connectivity index (χ1n) is 6.99. The predicted octanol–water partition coefficient (Wildman–Crippen LogP) is 4.00. The minimum atomic E-state index is 0.699. The lowest BCUT2D eigenvalue weighted by Gasteiger charge is -2.29. The molecule has 4 rings (SSSR count). The van der Waals surface area contributed by atoms with Gasteiger partial charge in [-0.15, -0.1) is 0 Å². The van der Waals surface area contributed by atoms with Crippen LogP contribution in [0.4, 0.5) is 5.82 Å². The molecule has 0 atom stereocenters. The van der Waals surface area contributed by atoms with Gasteiger partial charge in [0.15, 0.2) is 0 Å². The van der Waals surface area contributed by atoms with Crippen LogP contribution >= 0.6 is 27.5 Å². The van der Waals surface area contributed by atoms with Crippen LogP contribution in [0.25, 0.3) is 10.9 Å². The molecule has 6 heteroatoms. The molecule has 0 aliphatic carbocycles. The van der Waals surface area contributed by atoms with Crippen LogP contribution in [0.1, 0.15) is 11.3 Å². The lowest BCUT2D eigenvalue weighted by molar-refractivity contribution is 0.704. The summed E-state index contributed by atoms with van der Waals surface area (Å²) in [6.45, 7) is 1.68. The Kier molecular flexibility index (Phi) is 3.47. The maximum absolute atomic E-state index is 6.14. The summed E-state index contributed by atoms with van der Waals surface area (Å²) in [4.78, 5) is 15.6. The Morgan fingerprint density at radius 1 is 1.14 bits per heavy atom. The first-order chi connectivity index (χ1) is 10.7. The number of hydrogen-bond donors (Lipinski definition) is 0. The fourth-order valence-electron chi connectivity index (χ4n) is 2.85. The van der Waals surface area contributed by atoms with E-state index in [4.69, 9.17) is 11.6 Å². The van der Waals surface area contributed by atoms with Crippen LogP contribution in [0.2, 0.25) is 5.02 Å². The van der Waals surface area contributed by atoms with Gasteiger partial charge in [0.25, 0.3) is 0 Å². The minimum absolute atomic E-state index is 0.699. The summed E-state index contributed by atoms with van der Waals surface area (Å²) < 4.78 is 1.00. The topological polar surface area (TPSA) is 41.9 Å². The van der Waals surface area contributed by atoms with Crippen molar-refractivity contribution in [2.75, 3.05) is 11.4 Å². The smallest absolute Gasteiger partial charge is 0.140 e. The van der Waals surface area contributed by atoms with Crippen LogP contribution in [0, 0.1) is 0 Å². The van der Waals surface area contributed by atoms with Gasteiger partial charge < -0.3 is 4.90 Å². The van der Waals surface area contributed by atoms with Crippen LogP contribution in [-0.2, 0) is 13.0 Å². The molecule has 0 spiro atoms. The largest absolute Gasteiger partial charge is 0.351 e.